The Morgan fingerprint density at radius 2 is 1.72 bits per heavy atom. The normalized spacial score (nSPS) is 10.1. The summed E-state index contributed by atoms with van der Waals surface area (Å²) in [5.41, 5.74) is 2.24. The van der Waals surface area contributed by atoms with Gasteiger partial charge in [0.25, 0.3) is 5.91 Å². The van der Waals surface area contributed by atoms with E-state index in [1.165, 1.54) is 6.20 Å². The molecule has 0 aliphatic carbocycles. The van der Waals surface area contributed by atoms with Gasteiger partial charge in [0.1, 0.15) is 11.6 Å². The van der Waals surface area contributed by atoms with E-state index in [2.05, 4.69) is 15.6 Å². The van der Waals surface area contributed by atoms with Gasteiger partial charge < -0.3 is 20.1 Å². The maximum atomic E-state index is 12.4. The summed E-state index contributed by atoms with van der Waals surface area (Å²) in [5, 5.41) is 5.93. The van der Waals surface area contributed by atoms with Gasteiger partial charge in [-0.25, -0.2) is 9.78 Å². The Morgan fingerprint density at radius 1 is 0.966 bits per heavy atom. The molecule has 0 atom stereocenters. The number of amides is 1. The van der Waals surface area contributed by atoms with E-state index < -0.39 is 5.97 Å². The van der Waals surface area contributed by atoms with Crippen molar-refractivity contribution in [3.05, 3.63) is 78.0 Å². The predicted octanol–water partition coefficient (Wildman–Crippen LogP) is 4.26. The van der Waals surface area contributed by atoms with E-state index in [0.29, 0.717) is 29.2 Å². The van der Waals surface area contributed by atoms with Crippen LogP contribution < -0.4 is 15.4 Å². The highest BCUT2D eigenvalue weighted by Gasteiger charge is 2.09. The van der Waals surface area contributed by atoms with Crippen LogP contribution in [0.25, 0.3) is 0 Å². The Kier molecular flexibility index (Phi) is 6.42. The third-order valence-electron chi connectivity index (χ3n) is 4.02. The fourth-order valence-electron chi connectivity index (χ4n) is 2.56. The molecule has 1 heterocycles. The Bertz CT molecular complexity index is 986. The second-order valence-electron chi connectivity index (χ2n) is 6.04. The van der Waals surface area contributed by atoms with Crippen LogP contribution in [-0.2, 0) is 4.74 Å². The largest absolute Gasteiger partial charge is 0.497 e. The van der Waals surface area contributed by atoms with Gasteiger partial charge in [-0.1, -0.05) is 6.07 Å². The summed E-state index contributed by atoms with van der Waals surface area (Å²) in [5.74, 6) is 0.650. The number of anilines is 3. The number of aromatic nitrogens is 1. The average Bonchev–Trinajstić information content (AvgIpc) is 2.75. The molecule has 29 heavy (non-hydrogen) atoms. The van der Waals surface area contributed by atoms with Gasteiger partial charge in [-0.2, -0.15) is 0 Å². The molecule has 148 valence electrons. The first-order chi connectivity index (χ1) is 14.1. The van der Waals surface area contributed by atoms with E-state index in [0.717, 1.165) is 11.4 Å². The molecule has 0 aliphatic rings. The molecule has 0 spiro atoms. The van der Waals surface area contributed by atoms with Crippen molar-refractivity contribution >= 4 is 29.1 Å². The van der Waals surface area contributed by atoms with Gasteiger partial charge in [0.15, 0.2) is 0 Å². The molecule has 3 rings (SSSR count). The molecule has 2 aromatic carbocycles. The van der Waals surface area contributed by atoms with Crippen LogP contribution in [0.2, 0.25) is 0 Å². The lowest BCUT2D eigenvalue weighted by atomic mass is 10.2. The van der Waals surface area contributed by atoms with E-state index in [4.69, 9.17) is 9.47 Å². The highest BCUT2D eigenvalue weighted by molar-refractivity contribution is 6.04. The Balaban J connectivity index is 1.62. The number of methoxy groups -OCH3 is 1. The molecule has 0 saturated heterocycles. The van der Waals surface area contributed by atoms with Crippen molar-refractivity contribution in [3.8, 4) is 5.75 Å². The van der Waals surface area contributed by atoms with E-state index in [-0.39, 0.29) is 5.91 Å². The fraction of sp³-hybridized carbons (Fsp3) is 0.136. The zero-order valence-corrected chi connectivity index (χ0v) is 16.1. The van der Waals surface area contributed by atoms with Crippen molar-refractivity contribution in [2.24, 2.45) is 0 Å². The van der Waals surface area contributed by atoms with Crippen LogP contribution in [-0.4, -0.2) is 30.6 Å². The Labute approximate surface area is 168 Å². The first-order valence-corrected chi connectivity index (χ1v) is 9.04. The van der Waals surface area contributed by atoms with Gasteiger partial charge >= 0.3 is 5.97 Å². The third-order valence-corrected chi connectivity index (χ3v) is 4.02. The smallest absolute Gasteiger partial charge is 0.338 e. The molecule has 0 bridgehead atoms. The van der Waals surface area contributed by atoms with E-state index in [9.17, 15) is 9.59 Å². The minimum absolute atomic E-state index is 0.297. The van der Waals surface area contributed by atoms with E-state index in [1.807, 2.05) is 24.3 Å². The number of hydrogen-bond donors (Lipinski definition) is 2. The zero-order chi connectivity index (χ0) is 20.6. The number of nitrogens with one attached hydrogen (secondary N) is 2. The number of ether oxygens (including phenoxy) is 2. The number of rotatable bonds is 7. The van der Waals surface area contributed by atoms with Gasteiger partial charge in [-0.3, -0.25) is 4.79 Å². The molecular weight excluding hydrogens is 370 g/mol. The molecule has 0 fully saturated rings. The van der Waals surface area contributed by atoms with Crippen molar-refractivity contribution in [2.45, 2.75) is 6.92 Å². The number of nitrogens with zero attached hydrogens (tertiary/aromatic N) is 1. The number of carbonyl (C=O) groups excluding carboxylic acids is 2. The lowest BCUT2D eigenvalue weighted by Crippen LogP contribution is -2.12. The number of pyridine rings is 1. The van der Waals surface area contributed by atoms with Crippen LogP contribution in [0.5, 0.6) is 5.75 Å². The monoisotopic (exact) mass is 391 g/mol. The summed E-state index contributed by atoms with van der Waals surface area (Å²) >= 11 is 0. The molecular formula is C22H21N3O4. The topological polar surface area (TPSA) is 89.5 Å². The molecule has 7 nitrogen and oxygen atoms in total. The molecule has 0 unspecified atom stereocenters. The van der Waals surface area contributed by atoms with Gasteiger partial charge in [0.2, 0.25) is 0 Å². The summed E-state index contributed by atoms with van der Waals surface area (Å²) in [6, 6.07) is 17.4. The third kappa shape index (κ3) is 5.32. The molecule has 1 amide bonds. The Morgan fingerprint density at radius 3 is 2.38 bits per heavy atom. The maximum absolute atomic E-state index is 12.4. The predicted molar refractivity (Wildman–Crippen MR) is 111 cm³/mol. The molecule has 0 saturated carbocycles. The summed E-state index contributed by atoms with van der Waals surface area (Å²) in [4.78, 5) is 28.4. The maximum Gasteiger partial charge on any atom is 0.338 e. The van der Waals surface area contributed by atoms with Crippen LogP contribution in [0, 0.1) is 0 Å². The molecule has 3 aromatic rings. The van der Waals surface area contributed by atoms with E-state index in [1.54, 1.807) is 50.4 Å². The van der Waals surface area contributed by atoms with Crippen LogP contribution >= 0.6 is 0 Å². The molecule has 0 aliphatic heterocycles. The standard InChI is InChI=1S/C22H21N3O4/c1-3-29-22(27)15-7-10-17(11-8-15)25-21(26)16-9-12-20(23-14-16)24-18-5-4-6-19(13-18)28-2/h4-14H,3H2,1-2H3,(H,23,24)(H,25,26). The number of hydrogen-bond acceptors (Lipinski definition) is 6. The minimum atomic E-state index is -0.395. The minimum Gasteiger partial charge on any atom is -0.497 e. The zero-order valence-electron chi connectivity index (χ0n) is 16.1. The summed E-state index contributed by atoms with van der Waals surface area (Å²) in [6.45, 7) is 2.06. The van der Waals surface area contributed by atoms with Crippen LogP contribution in [0.15, 0.2) is 66.9 Å². The van der Waals surface area contributed by atoms with E-state index >= 15 is 0 Å². The molecule has 2 N–H and O–H groups in total. The number of esters is 1. The highest BCUT2D eigenvalue weighted by atomic mass is 16.5. The van der Waals surface area contributed by atoms with Crippen molar-refractivity contribution < 1.29 is 19.1 Å². The Hall–Kier alpha value is -3.87. The first-order valence-electron chi connectivity index (χ1n) is 9.04. The fourth-order valence-corrected chi connectivity index (χ4v) is 2.56. The number of benzene rings is 2. The second kappa shape index (κ2) is 9.36. The highest BCUT2D eigenvalue weighted by Crippen LogP contribution is 2.20. The lowest BCUT2D eigenvalue weighted by molar-refractivity contribution is 0.0526. The second-order valence-corrected chi connectivity index (χ2v) is 6.04. The summed E-state index contributed by atoms with van der Waals surface area (Å²) in [6.07, 6.45) is 1.49. The van der Waals surface area contributed by atoms with Gasteiger partial charge in [0, 0.05) is 23.6 Å². The van der Waals surface area contributed by atoms with Gasteiger partial charge in [-0.05, 0) is 55.5 Å². The average molecular weight is 391 g/mol. The van der Waals surface area contributed by atoms with Crippen molar-refractivity contribution in [1.82, 2.24) is 4.98 Å². The van der Waals surface area contributed by atoms with Crippen LogP contribution in [0.4, 0.5) is 17.2 Å². The van der Waals surface area contributed by atoms with Crippen LogP contribution in [0.1, 0.15) is 27.6 Å². The van der Waals surface area contributed by atoms with Gasteiger partial charge in [-0.15, -0.1) is 0 Å². The molecule has 1 aromatic heterocycles. The SMILES string of the molecule is CCOC(=O)c1ccc(NC(=O)c2ccc(Nc3cccc(OC)c3)nc2)cc1. The van der Waals surface area contributed by atoms with Crippen molar-refractivity contribution in [1.29, 1.82) is 0 Å². The first kappa shape index (κ1) is 19.9. The quantitative estimate of drug-likeness (QED) is 0.585. The molecule has 7 heteroatoms. The number of carbonyl (C=O) groups is 2. The van der Waals surface area contributed by atoms with Gasteiger partial charge in [0.05, 0.1) is 24.8 Å². The van der Waals surface area contributed by atoms with Crippen molar-refractivity contribution in [2.75, 3.05) is 24.4 Å². The van der Waals surface area contributed by atoms with Crippen molar-refractivity contribution in [3.63, 3.8) is 0 Å². The molecule has 0 radical (unpaired) electrons. The van der Waals surface area contributed by atoms with Crippen LogP contribution in [0.3, 0.4) is 0 Å². The lowest BCUT2D eigenvalue weighted by Gasteiger charge is -2.09. The summed E-state index contributed by atoms with van der Waals surface area (Å²) in [7, 11) is 1.61. The summed E-state index contributed by atoms with van der Waals surface area (Å²) < 4.78 is 10.1.